The fraction of sp³-hybridized carbons (Fsp3) is 0.333. The van der Waals surface area contributed by atoms with Crippen LogP contribution in [-0.2, 0) is 21.2 Å². The molecule has 0 aliphatic heterocycles. The summed E-state index contributed by atoms with van der Waals surface area (Å²) in [5, 5.41) is 2.82. The minimum Gasteiger partial charge on any atom is -0.494 e. The molecule has 24 heavy (non-hydrogen) atoms. The van der Waals surface area contributed by atoms with Crippen molar-refractivity contribution >= 4 is 43.0 Å². The second kappa shape index (κ2) is 8.59. The van der Waals surface area contributed by atoms with E-state index in [1.165, 1.54) is 23.5 Å². The van der Waals surface area contributed by atoms with Crippen LogP contribution in [0.25, 0.3) is 0 Å². The molecule has 0 saturated heterocycles. The summed E-state index contributed by atoms with van der Waals surface area (Å²) in [6.07, 6.45) is 3.82. The molecule has 0 atom stereocenters. The standard InChI is InChI=1S/C15H17BrN2O4S2/c1-24(20,21)13-6-4-11(5-7-13)22-8-2-3-14(19)17-9-12-10-18-15(16)23-12/h4-7,10H,2-3,8-9H2,1H3,(H,17,19). The summed E-state index contributed by atoms with van der Waals surface area (Å²) in [4.78, 5) is 17.0. The van der Waals surface area contributed by atoms with Gasteiger partial charge in [0, 0.05) is 23.8 Å². The lowest BCUT2D eigenvalue weighted by molar-refractivity contribution is -0.121. The van der Waals surface area contributed by atoms with Crippen molar-refractivity contribution in [2.45, 2.75) is 24.3 Å². The van der Waals surface area contributed by atoms with E-state index in [1.807, 2.05) is 0 Å². The molecule has 0 aliphatic carbocycles. The number of rotatable bonds is 8. The monoisotopic (exact) mass is 432 g/mol. The highest BCUT2D eigenvalue weighted by Gasteiger charge is 2.07. The van der Waals surface area contributed by atoms with Crippen LogP contribution in [0.4, 0.5) is 0 Å². The van der Waals surface area contributed by atoms with Gasteiger partial charge in [0.15, 0.2) is 13.8 Å². The van der Waals surface area contributed by atoms with Crippen LogP contribution in [0.1, 0.15) is 17.7 Å². The fourth-order valence-corrected chi connectivity index (χ4v) is 3.77. The molecule has 1 aromatic carbocycles. The lowest BCUT2D eigenvalue weighted by atomic mass is 10.3. The maximum atomic E-state index is 11.7. The van der Waals surface area contributed by atoms with Crippen LogP contribution in [0.5, 0.6) is 5.75 Å². The molecule has 2 aromatic rings. The van der Waals surface area contributed by atoms with Crippen LogP contribution in [0.15, 0.2) is 39.3 Å². The first kappa shape index (κ1) is 18.9. The van der Waals surface area contributed by atoms with Gasteiger partial charge in [-0.05, 0) is 46.6 Å². The number of halogens is 1. The van der Waals surface area contributed by atoms with Gasteiger partial charge in [-0.15, -0.1) is 11.3 Å². The molecule has 1 heterocycles. The normalized spacial score (nSPS) is 11.2. The lowest BCUT2D eigenvalue weighted by Gasteiger charge is -2.07. The zero-order chi connectivity index (χ0) is 17.6. The Labute approximate surface area is 153 Å². The Morgan fingerprint density at radius 2 is 2.04 bits per heavy atom. The maximum Gasteiger partial charge on any atom is 0.220 e. The van der Waals surface area contributed by atoms with Crippen molar-refractivity contribution in [2.24, 2.45) is 0 Å². The number of carbonyl (C=O) groups excluding carboxylic acids is 1. The average Bonchev–Trinajstić information content (AvgIpc) is 2.95. The molecule has 1 aromatic heterocycles. The number of carbonyl (C=O) groups is 1. The number of hydrogen-bond donors (Lipinski definition) is 1. The number of nitrogens with zero attached hydrogens (tertiary/aromatic N) is 1. The molecule has 0 unspecified atom stereocenters. The van der Waals surface area contributed by atoms with E-state index in [0.717, 1.165) is 15.0 Å². The Morgan fingerprint density at radius 1 is 1.33 bits per heavy atom. The number of nitrogens with one attached hydrogen (secondary N) is 1. The van der Waals surface area contributed by atoms with Crippen LogP contribution in [0, 0.1) is 0 Å². The number of thiazole rings is 1. The topological polar surface area (TPSA) is 85.4 Å². The Balaban J connectivity index is 1.66. The van der Waals surface area contributed by atoms with Gasteiger partial charge in [0.1, 0.15) is 5.75 Å². The Morgan fingerprint density at radius 3 is 2.62 bits per heavy atom. The SMILES string of the molecule is CS(=O)(=O)c1ccc(OCCCC(=O)NCc2cnc(Br)s2)cc1. The summed E-state index contributed by atoms with van der Waals surface area (Å²) in [6.45, 7) is 0.855. The van der Waals surface area contributed by atoms with Gasteiger partial charge in [-0.2, -0.15) is 0 Å². The molecular weight excluding hydrogens is 416 g/mol. The predicted molar refractivity (Wildman–Crippen MR) is 95.9 cm³/mol. The van der Waals surface area contributed by atoms with Gasteiger partial charge >= 0.3 is 0 Å². The number of hydrogen-bond acceptors (Lipinski definition) is 6. The molecule has 0 radical (unpaired) electrons. The molecule has 0 saturated carbocycles. The third-order valence-electron chi connectivity index (χ3n) is 3.05. The van der Waals surface area contributed by atoms with Crippen LogP contribution in [0.3, 0.4) is 0 Å². The van der Waals surface area contributed by atoms with E-state index >= 15 is 0 Å². The van der Waals surface area contributed by atoms with Crippen molar-refractivity contribution in [1.82, 2.24) is 10.3 Å². The van der Waals surface area contributed by atoms with E-state index < -0.39 is 9.84 Å². The van der Waals surface area contributed by atoms with Crippen molar-refractivity contribution in [3.63, 3.8) is 0 Å². The fourth-order valence-electron chi connectivity index (χ4n) is 1.85. The average molecular weight is 433 g/mol. The number of sulfone groups is 1. The van der Waals surface area contributed by atoms with E-state index in [1.54, 1.807) is 18.3 Å². The second-order valence-corrected chi connectivity index (χ2v) is 9.46. The molecule has 6 nitrogen and oxygen atoms in total. The van der Waals surface area contributed by atoms with Gasteiger partial charge in [0.2, 0.25) is 5.91 Å². The quantitative estimate of drug-likeness (QED) is 0.648. The largest absolute Gasteiger partial charge is 0.494 e. The summed E-state index contributed by atoms with van der Waals surface area (Å²) >= 11 is 4.75. The highest BCUT2D eigenvalue weighted by molar-refractivity contribution is 9.11. The molecule has 2 rings (SSSR count). The van der Waals surface area contributed by atoms with Crippen LogP contribution < -0.4 is 10.1 Å². The first-order chi connectivity index (χ1) is 11.3. The number of benzene rings is 1. The van der Waals surface area contributed by atoms with E-state index in [-0.39, 0.29) is 10.8 Å². The Kier molecular flexibility index (Phi) is 6.76. The maximum absolute atomic E-state index is 11.7. The third kappa shape index (κ3) is 6.21. The summed E-state index contributed by atoms with van der Waals surface area (Å²) in [6, 6.07) is 6.23. The highest BCUT2D eigenvalue weighted by Crippen LogP contribution is 2.18. The van der Waals surface area contributed by atoms with Crippen LogP contribution in [-0.4, -0.2) is 32.2 Å². The van der Waals surface area contributed by atoms with Crippen molar-refractivity contribution in [2.75, 3.05) is 12.9 Å². The molecule has 130 valence electrons. The van der Waals surface area contributed by atoms with Gasteiger partial charge < -0.3 is 10.1 Å². The molecule has 1 amide bonds. The Bertz CT molecular complexity index is 788. The third-order valence-corrected chi connectivity index (χ3v) is 5.66. The predicted octanol–water partition coefficient (Wildman–Crippen LogP) is 2.78. The summed E-state index contributed by atoms with van der Waals surface area (Å²) < 4.78 is 29.0. The second-order valence-electron chi connectivity index (χ2n) is 5.05. The zero-order valence-electron chi connectivity index (χ0n) is 13.0. The number of aromatic nitrogens is 1. The van der Waals surface area contributed by atoms with E-state index in [0.29, 0.717) is 31.7 Å². The Hall–Kier alpha value is -1.45. The summed E-state index contributed by atoms with van der Waals surface area (Å²) in [5.41, 5.74) is 0. The highest BCUT2D eigenvalue weighted by atomic mass is 79.9. The molecule has 9 heteroatoms. The van der Waals surface area contributed by atoms with Crippen molar-refractivity contribution in [3.8, 4) is 5.75 Å². The van der Waals surface area contributed by atoms with Gasteiger partial charge in [0.05, 0.1) is 18.0 Å². The zero-order valence-corrected chi connectivity index (χ0v) is 16.2. The minimum atomic E-state index is -3.20. The van der Waals surface area contributed by atoms with E-state index in [2.05, 4.69) is 26.2 Å². The molecule has 0 fully saturated rings. The van der Waals surface area contributed by atoms with Crippen LogP contribution in [0.2, 0.25) is 0 Å². The van der Waals surface area contributed by atoms with E-state index in [4.69, 9.17) is 4.74 Å². The van der Waals surface area contributed by atoms with Crippen molar-refractivity contribution < 1.29 is 17.9 Å². The van der Waals surface area contributed by atoms with E-state index in [9.17, 15) is 13.2 Å². The van der Waals surface area contributed by atoms with Gasteiger partial charge in [0.25, 0.3) is 0 Å². The first-order valence-electron chi connectivity index (χ1n) is 7.14. The number of ether oxygens (including phenoxy) is 1. The summed E-state index contributed by atoms with van der Waals surface area (Å²) in [7, 11) is -3.20. The van der Waals surface area contributed by atoms with Crippen molar-refractivity contribution in [1.29, 1.82) is 0 Å². The summed E-state index contributed by atoms with van der Waals surface area (Å²) in [5.74, 6) is 0.535. The first-order valence-corrected chi connectivity index (χ1v) is 10.6. The van der Waals surface area contributed by atoms with Gasteiger partial charge in [-0.3, -0.25) is 4.79 Å². The lowest BCUT2D eigenvalue weighted by Crippen LogP contribution is -2.22. The smallest absolute Gasteiger partial charge is 0.220 e. The van der Waals surface area contributed by atoms with Gasteiger partial charge in [-0.25, -0.2) is 13.4 Å². The van der Waals surface area contributed by atoms with Gasteiger partial charge in [-0.1, -0.05) is 0 Å². The van der Waals surface area contributed by atoms with Crippen LogP contribution >= 0.6 is 27.3 Å². The molecular formula is C15H17BrN2O4S2. The van der Waals surface area contributed by atoms with Crippen molar-refractivity contribution in [3.05, 3.63) is 39.3 Å². The molecule has 0 bridgehead atoms. The number of amides is 1. The molecule has 0 spiro atoms. The molecule has 1 N–H and O–H groups in total. The molecule has 0 aliphatic rings. The minimum absolute atomic E-state index is 0.0458.